The highest BCUT2D eigenvalue weighted by Crippen LogP contribution is 2.37. The summed E-state index contributed by atoms with van der Waals surface area (Å²) in [4.78, 5) is 63.1. The third-order valence-electron chi connectivity index (χ3n) is 7.10. The van der Waals surface area contributed by atoms with E-state index in [1.165, 1.54) is 48.2 Å². The second-order valence-corrected chi connectivity index (χ2v) is 11.7. The average molecular weight is 672 g/mol. The summed E-state index contributed by atoms with van der Waals surface area (Å²) in [6.07, 6.45) is 1.42. The van der Waals surface area contributed by atoms with Crippen LogP contribution in [0.2, 0.25) is 0 Å². The van der Waals surface area contributed by atoms with Gasteiger partial charge in [0.05, 0.1) is 16.2 Å². The number of para-hydroxylation sites is 1. The molecule has 5 N–H and O–H groups in total. The SMILES string of the molecule is NC(=O)c1ccccc1NC(=O)C(Sc1ccc(NC(=O)/C(=C/c2ccc([N+](=O)[O-])cc2)NC(=O)c2ccccc2)cc1)c1ccccc1. The highest BCUT2D eigenvalue weighted by molar-refractivity contribution is 8.00. The normalized spacial score (nSPS) is 11.6. The lowest BCUT2D eigenvalue weighted by atomic mass is 10.1. The van der Waals surface area contributed by atoms with Gasteiger partial charge in [-0.3, -0.25) is 29.3 Å². The molecule has 5 aromatic rings. The van der Waals surface area contributed by atoms with Crippen LogP contribution in [0.1, 0.15) is 37.1 Å². The molecule has 0 radical (unpaired) electrons. The van der Waals surface area contributed by atoms with Gasteiger partial charge in [0.15, 0.2) is 0 Å². The van der Waals surface area contributed by atoms with Crippen LogP contribution in [0.5, 0.6) is 0 Å². The predicted octanol–water partition coefficient (Wildman–Crippen LogP) is 6.58. The maximum absolute atomic E-state index is 13.6. The Labute approximate surface area is 285 Å². The standard InChI is InChI=1S/C37H29N5O6S/c38-34(43)30-13-7-8-14-31(30)40-37(46)33(25-9-3-1-4-10-25)49-29-21-17-27(18-22-29)39-36(45)32(41-35(44)26-11-5-2-6-12-26)23-24-15-19-28(20-16-24)42(47)48/h1-23,33H,(H2,38,43)(H,39,45)(H,40,46)(H,41,44)/b32-23-. The van der Waals surface area contributed by atoms with E-state index < -0.39 is 27.9 Å². The van der Waals surface area contributed by atoms with Gasteiger partial charge in [-0.15, -0.1) is 11.8 Å². The fourth-order valence-corrected chi connectivity index (χ4v) is 5.68. The highest BCUT2D eigenvalue weighted by Gasteiger charge is 2.24. The van der Waals surface area contributed by atoms with Gasteiger partial charge in [-0.2, -0.15) is 0 Å². The number of amides is 4. The number of nitrogens with zero attached hydrogens (tertiary/aromatic N) is 1. The number of rotatable bonds is 12. The van der Waals surface area contributed by atoms with Crippen LogP contribution in [-0.2, 0) is 9.59 Å². The zero-order valence-corrected chi connectivity index (χ0v) is 26.6. The molecule has 244 valence electrons. The molecule has 12 heteroatoms. The minimum absolute atomic E-state index is 0.0850. The Balaban J connectivity index is 1.34. The summed E-state index contributed by atoms with van der Waals surface area (Å²) in [6, 6.07) is 36.3. The van der Waals surface area contributed by atoms with Gasteiger partial charge in [-0.05, 0) is 77.9 Å². The number of nitro benzene ring substituents is 1. The van der Waals surface area contributed by atoms with Crippen molar-refractivity contribution in [1.82, 2.24) is 5.32 Å². The van der Waals surface area contributed by atoms with Crippen LogP contribution in [0, 0.1) is 10.1 Å². The van der Waals surface area contributed by atoms with E-state index in [0.717, 1.165) is 5.56 Å². The van der Waals surface area contributed by atoms with Crippen LogP contribution < -0.4 is 21.7 Å². The lowest BCUT2D eigenvalue weighted by molar-refractivity contribution is -0.384. The largest absolute Gasteiger partial charge is 0.366 e. The number of nitrogens with two attached hydrogens (primary N) is 1. The molecule has 49 heavy (non-hydrogen) atoms. The molecule has 0 spiro atoms. The number of carbonyl (C=O) groups is 4. The fraction of sp³-hybridized carbons (Fsp3) is 0.0270. The number of carbonyl (C=O) groups excluding carboxylic acids is 4. The molecular weight excluding hydrogens is 643 g/mol. The first-order valence-electron chi connectivity index (χ1n) is 14.8. The van der Waals surface area contributed by atoms with E-state index >= 15 is 0 Å². The molecule has 0 aliphatic rings. The van der Waals surface area contributed by atoms with Gasteiger partial charge in [0.1, 0.15) is 10.9 Å². The first kappa shape index (κ1) is 33.8. The summed E-state index contributed by atoms with van der Waals surface area (Å²) in [5, 5.41) is 18.6. The van der Waals surface area contributed by atoms with Crippen molar-refractivity contribution >= 4 is 58.5 Å². The van der Waals surface area contributed by atoms with Crippen molar-refractivity contribution in [3.63, 3.8) is 0 Å². The summed E-state index contributed by atoms with van der Waals surface area (Å²) in [5.74, 6) is -2.17. The van der Waals surface area contributed by atoms with E-state index in [1.807, 2.05) is 30.3 Å². The highest BCUT2D eigenvalue weighted by atomic mass is 32.2. The minimum Gasteiger partial charge on any atom is -0.366 e. The van der Waals surface area contributed by atoms with E-state index in [9.17, 15) is 29.3 Å². The first-order valence-corrected chi connectivity index (χ1v) is 15.7. The Morgan fingerprint density at radius 1 is 0.735 bits per heavy atom. The van der Waals surface area contributed by atoms with Crippen LogP contribution >= 0.6 is 11.8 Å². The zero-order chi connectivity index (χ0) is 34.8. The molecule has 4 amide bonds. The second kappa shape index (κ2) is 15.8. The molecule has 0 fully saturated rings. The smallest absolute Gasteiger partial charge is 0.272 e. The van der Waals surface area contributed by atoms with Gasteiger partial charge >= 0.3 is 0 Å². The molecule has 11 nitrogen and oxygen atoms in total. The number of hydrogen-bond acceptors (Lipinski definition) is 7. The molecular formula is C37H29N5O6S. The summed E-state index contributed by atoms with van der Waals surface area (Å²) < 4.78 is 0. The van der Waals surface area contributed by atoms with Gasteiger partial charge in [0.25, 0.3) is 23.4 Å². The second-order valence-electron chi connectivity index (χ2n) is 10.5. The van der Waals surface area contributed by atoms with Crippen LogP contribution in [0.15, 0.2) is 144 Å². The molecule has 0 heterocycles. The molecule has 5 rings (SSSR count). The zero-order valence-electron chi connectivity index (χ0n) is 25.7. The maximum Gasteiger partial charge on any atom is 0.272 e. The third kappa shape index (κ3) is 9.05. The topological polar surface area (TPSA) is 174 Å². The van der Waals surface area contributed by atoms with Crippen molar-refractivity contribution in [2.75, 3.05) is 10.6 Å². The van der Waals surface area contributed by atoms with Crippen molar-refractivity contribution in [2.45, 2.75) is 10.1 Å². The molecule has 0 saturated heterocycles. The molecule has 1 atom stereocenters. The van der Waals surface area contributed by atoms with Crippen LogP contribution in [0.25, 0.3) is 6.08 Å². The van der Waals surface area contributed by atoms with Crippen molar-refractivity contribution < 1.29 is 24.1 Å². The van der Waals surface area contributed by atoms with Crippen LogP contribution in [-0.4, -0.2) is 28.6 Å². The third-order valence-corrected chi connectivity index (χ3v) is 8.37. The summed E-state index contributed by atoms with van der Waals surface area (Å²) >= 11 is 1.27. The Kier molecular flexibility index (Phi) is 10.9. The molecule has 1 unspecified atom stereocenters. The number of thioether (sulfide) groups is 1. The lowest BCUT2D eigenvalue weighted by Crippen LogP contribution is -2.30. The lowest BCUT2D eigenvalue weighted by Gasteiger charge is -2.18. The van der Waals surface area contributed by atoms with Gasteiger partial charge in [-0.1, -0.05) is 60.7 Å². The Bertz CT molecular complexity index is 2020. The van der Waals surface area contributed by atoms with Crippen molar-refractivity contribution in [2.24, 2.45) is 5.73 Å². The molecule has 0 aliphatic heterocycles. The number of primary amides is 1. The fourth-order valence-electron chi connectivity index (χ4n) is 4.66. The Morgan fingerprint density at radius 2 is 1.35 bits per heavy atom. The number of non-ortho nitro benzene ring substituents is 1. The van der Waals surface area contributed by atoms with Crippen molar-refractivity contribution in [1.29, 1.82) is 0 Å². The minimum atomic E-state index is -0.702. The molecule has 0 saturated carbocycles. The summed E-state index contributed by atoms with van der Waals surface area (Å²) in [5.41, 5.74) is 7.73. The summed E-state index contributed by atoms with van der Waals surface area (Å²) in [7, 11) is 0. The van der Waals surface area contributed by atoms with E-state index in [0.29, 0.717) is 27.4 Å². The molecule has 5 aromatic carbocycles. The van der Waals surface area contributed by atoms with E-state index in [2.05, 4.69) is 16.0 Å². The van der Waals surface area contributed by atoms with E-state index in [1.54, 1.807) is 72.8 Å². The monoisotopic (exact) mass is 671 g/mol. The van der Waals surface area contributed by atoms with Gasteiger partial charge in [-0.25, -0.2) is 0 Å². The van der Waals surface area contributed by atoms with Gasteiger partial charge in [0.2, 0.25) is 5.91 Å². The molecule has 0 aliphatic carbocycles. The van der Waals surface area contributed by atoms with Crippen LogP contribution in [0.3, 0.4) is 0 Å². The van der Waals surface area contributed by atoms with Crippen molar-refractivity contribution in [3.05, 3.63) is 172 Å². The van der Waals surface area contributed by atoms with Crippen LogP contribution in [0.4, 0.5) is 17.1 Å². The van der Waals surface area contributed by atoms with Gasteiger partial charge < -0.3 is 21.7 Å². The molecule has 0 bridgehead atoms. The number of hydrogen-bond donors (Lipinski definition) is 4. The number of benzene rings is 5. The number of nitrogens with one attached hydrogen (secondary N) is 3. The number of nitro groups is 1. The average Bonchev–Trinajstić information content (AvgIpc) is 3.12. The van der Waals surface area contributed by atoms with E-state index in [-0.39, 0.29) is 22.9 Å². The van der Waals surface area contributed by atoms with Gasteiger partial charge in [0, 0.05) is 28.3 Å². The Morgan fingerprint density at radius 3 is 1.98 bits per heavy atom. The summed E-state index contributed by atoms with van der Waals surface area (Å²) in [6.45, 7) is 0. The number of anilines is 2. The Hall–Kier alpha value is -6.53. The first-order chi connectivity index (χ1) is 23.7. The van der Waals surface area contributed by atoms with E-state index in [4.69, 9.17) is 5.73 Å². The quantitative estimate of drug-likeness (QED) is 0.0502. The molecule has 0 aromatic heterocycles. The maximum atomic E-state index is 13.6. The van der Waals surface area contributed by atoms with Crippen molar-refractivity contribution in [3.8, 4) is 0 Å². The predicted molar refractivity (Wildman–Crippen MR) is 189 cm³/mol.